The van der Waals surface area contributed by atoms with Crippen molar-refractivity contribution in [2.24, 2.45) is 0 Å². The average Bonchev–Trinajstić information content (AvgIpc) is 3.01. The molecular formula is C16H19N3O3S2. The van der Waals surface area contributed by atoms with Crippen molar-refractivity contribution in [2.45, 2.75) is 26.0 Å². The van der Waals surface area contributed by atoms with E-state index in [0.29, 0.717) is 11.7 Å². The number of hydrogen-bond acceptors (Lipinski definition) is 7. The summed E-state index contributed by atoms with van der Waals surface area (Å²) in [6.07, 6.45) is 0. The summed E-state index contributed by atoms with van der Waals surface area (Å²) in [5.41, 5.74) is 2.10. The summed E-state index contributed by atoms with van der Waals surface area (Å²) in [4.78, 5) is 23.5. The van der Waals surface area contributed by atoms with Gasteiger partial charge in [0.25, 0.3) is 0 Å². The molecule has 24 heavy (non-hydrogen) atoms. The Morgan fingerprint density at radius 2 is 2.08 bits per heavy atom. The largest absolute Gasteiger partial charge is 0.465 e. The monoisotopic (exact) mass is 365 g/mol. The normalized spacial score (nSPS) is 11.8. The maximum Gasteiger partial charge on any atom is 0.315 e. The number of ether oxygens (including phenoxy) is 1. The highest BCUT2D eigenvalue weighted by atomic mass is 32.2. The van der Waals surface area contributed by atoms with Crippen molar-refractivity contribution >= 4 is 40.1 Å². The van der Waals surface area contributed by atoms with Crippen LogP contribution in [0.4, 0.5) is 5.13 Å². The molecule has 1 amide bonds. The van der Waals surface area contributed by atoms with E-state index < -0.39 is 0 Å². The number of amides is 1. The summed E-state index contributed by atoms with van der Waals surface area (Å²) in [5.74, 6) is -0.385. The molecule has 0 aliphatic carbocycles. The van der Waals surface area contributed by atoms with Crippen LogP contribution in [0.15, 0.2) is 24.3 Å². The van der Waals surface area contributed by atoms with Crippen molar-refractivity contribution in [3.63, 3.8) is 0 Å². The summed E-state index contributed by atoms with van der Waals surface area (Å²) in [5, 5.41) is 11.7. The highest BCUT2D eigenvalue weighted by Gasteiger charge is 2.18. The molecule has 0 saturated carbocycles. The van der Waals surface area contributed by atoms with Gasteiger partial charge in [0.2, 0.25) is 11.0 Å². The number of aryl methyl sites for hydroxylation is 1. The minimum absolute atomic E-state index is 0.146. The van der Waals surface area contributed by atoms with Crippen LogP contribution in [-0.2, 0) is 14.3 Å². The zero-order chi connectivity index (χ0) is 17.5. The third-order valence-electron chi connectivity index (χ3n) is 3.16. The fourth-order valence-corrected chi connectivity index (χ4v) is 3.39. The van der Waals surface area contributed by atoms with Gasteiger partial charge in [0, 0.05) is 5.56 Å². The Morgan fingerprint density at radius 1 is 1.33 bits per heavy atom. The van der Waals surface area contributed by atoms with Crippen molar-refractivity contribution in [1.82, 2.24) is 10.2 Å². The minimum Gasteiger partial charge on any atom is -0.465 e. The highest BCUT2D eigenvalue weighted by molar-refractivity contribution is 8.01. The number of nitrogens with zero attached hydrogens (tertiary/aromatic N) is 2. The number of nitrogens with one attached hydrogen (secondary N) is 1. The third kappa shape index (κ3) is 5.04. The number of thioether (sulfide) groups is 1. The lowest BCUT2D eigenvalue weighted by atomic mass is 10.1. The second-order valence-electron chi connectivity index (χ2n) is 4.97. The Balaban J connectivity index is 1.93. The molecule has 0 spiro atoms. The second kappa shape index (κ2) is 8.79. The first-order valence-corrected chi connectivity index (χ1v) is 9.35. The molecule has 0 unspecified atom stereocenters. The molecule has 0 aliphatic heterocycles. The fraction of sp³-hybridized carbons (Fsp3) is 0.375. The van der Waals surface area contributed by atoms with E-state index in [1.165, 1.54) is 23.1 Å². The first kappa shape index (κ1) is 18.4. The van der Waals surface area contributed by atoms with Crippen molar-refractivity contribution in [3.8, 4) is 10.6 Å². The second-order valence-corrected chi connectivity index (χ2v) is 7.28. The third-order valence-corrected chi connectivity index (χ3v) is 5.14. The first-order chi connectivity index (χ1) is 11.5. The Labute approximate surface area is 149 Å². The molecule has 1 aromatic heterocycles. The van der Waals surface area contributed by atoms with Gasteiger partial charge in [0.1, 0.15) is 5.01 Å². The predicted molar refractivity (Wildman–Crippen MR) is 97.3 cm³/mol. The van der Waals surface area contributed by atoms with Crippen LogP contribution in [0.25, 0.3) is 10.6 Å². The zero-order valence-electron chi connectivity index (χ0n) is 13.7. The van der Waals surface area contributed by atoms with Crippen LogP contribution in [0.2, 0.25) is 0 Å². The van der Waals surface area contributed by atoms with Gasteiger partial charge in [-0.1, -0.05) is 35.6 Å². The summed E-state index contributed by atoms with van der Waals surface area (Å²) >= 11 is 2.55. The van der Waals surface area contributed by atoms with Gasteiger partial charge in [-0.2, -0.15) is 0 Å². The highest BCUT2D eigenvalue weighted by Crippen LogP contribution is 2.29. The molecule has 0 bridgehead atoms. The number of carbonyl (C=O) groups is 2. The molecular weight excluding hydrogens is 346 g/mol. The predicted octanol–water partition coefficient (Wildman–Crippen LogP) is 3.14. The van der Waals surface area contributed by atoms with E-state index in [1.807, 2.05) is 31.2 Å². The molecule has 8 heteroatoms. The van der Waals surface area contributed by atoms with E-state index in [1.54, 1.807) is 13.8 Å². The van der Waals surface area contributed by atoms with Gasteiger partial charge in [-0.25, -0.2) is 0 Å². The summed E-state index contributed by atoms with van der Waals surface area (Å²) < 4.78 is 4.84. The molecule has 1 heterocycles. The molecule has 1 atom stereocenters. The standard InChI is InChI=1S/C16H19N3O3S2/c1-4-22-13(20)9-23-11(3)14(21)17-16-19-18-15(24-16)12-8-6-5-7-10(12)2/h5-8,11H,4,9H2,1-3H3,(H,17,19,21)/t11-/m1/s1. The topological polar surface area (TPSA) is 81.2 Å². The first-order valence-electron chi connectivity index (χ1n) is 7.48. The molecule has 128 valence electrons. The van der Waals surface area contributed by atoms with E-state index in [-0.39, 0.29) is 22.9 Å². The number of hydrogen-bond donors (Lipinski definition) is 1. The van der Waals surface area contributed by atoms with Crippen LogP contribution in [0.5, 0.6) is 0 Å². The van der Waals surface area contributed by atoms with Crippen molar-refractivity contribution in [3.05, 3.63) is 29.8 Å². The number of esters is 1. The number of anilines is 1. The number of rotatable bonds is 7. The molecule has 0 radical (unpaired) electrons. The van der Waals surface area contributed by atoms with Crippen LogP contribution in [0.3, 0.4) is 0 Å². The van der Waals surface area contributed by atoms with Gasteiger partial charge < -0.3 is 4.74 Å². The van der Waals surface area contributed by atoms with Gasteiger partial charge in [0.15, 0.2) is 0 Å². The van der Waals surface area contributed by atoms with E-state index in [4.69, 9.17) is 4.74 Å². The van der Waals surface area contributed by atoms with Crippen LogP contribution in [0.1, 0.15) is 19.4 Å². The molecule has 1 aromatic carbocycles. The summed E-state index contributed by atoms with van der Waals surface area (Å²) in [6.45, 7) is 5.83. The molecule has 0 fully saturated rings. The Bertz CT molecular complexity index is 718. The average molecular weight is 365 g/mol. The molecule has 6 nitrogen and oxygen atoms in total. The van der Waals surface area contributed by atoms with Crippen LogP contribution >= 0.6 is 23.1 Å². The Kier molecular flexibility index (Phi) is 6.74. The minimum atomic E-state index is -0.389. The molecule has 2 rings (SSSR count). The van der Waals surface area contributed by atoms with E-state index in [0.717, 1.165) is 16.1 Å². The quantitative estimate of drug-likeness (QED) is 0.759. The smallest absolute Gasteiger partial charge is 0.315 e. The number of benzene rings is 1. The SMILES string of the molecule is CCOC(=O)CS[C@H](C)C(=O)Nc1nnc(-c2ccccc2C)s1. The lowest BCUT2D eigenvalue weighted by Crippen LogP contribution is -2.24. The van der Waals surface area contributed by atoms with Crippen molar-refractivity contribution < 1.29 is 14.3 Å². The summed E-state index contributed by atoms with van der Waals surface area (Å²) in [7, 11) is 0. The molecule has 0 saturated heterocycles. The van der Waals surface area contributed by atoms with E-state index in [2.05, 4.69) is 15.5 Å². The molecule has 0 aliphatic rings. The van der Waals surface area contributed by atoms with Crippen LogP contribution in [0, 0.1) is 6.92 Å². The van der Waals surface area contributed by atoms with E-state index >= 15 is 0 Å². The van der Waals surface area contributed by atoms with Gasteiger partial charge in [-0.05, 0) is 26.3 Å². The van der Waals surface area contributed by atoms with Gasteiger partial charge in [-0.3, -0.25) is 14.9 Å². The van der Waals surface area contributed by atoms with Gasteiger partial charge in [-0.15, -0.1) is 22.0 Å². The number of aromatic nitrogens is 2. The Morgan fingerprint density at radius 3 is 2.79 bits per heavy atom. The fourth-order valence-electron chi connectivity index (χ4n) is 1.87. The lowest BCUT2D eigenvalue weighted by Gasteiger charge is -2.09. The summed E-state index contributed by atoms with van der Waals surface area (Å²) in [6, 6.07) is 7.88. The van der Waals surface area contributed by atoms with Crippen LogP contribution < -0.4 is 5.32 Å². The van der Waals surface area contributed by atoms with Crippen LogP contribution in [-0.4, -0.2) is 39.7 Å². The van der Waals surface area contributed by atoms with Gasteiger partial charge in [0.05, 0.1) is 17.6 Å². The van der Waals surface area contributed by atoms with Crippen molar-refractivity contribution in [1.29, 1.82) is 0 Å². The lowest BCUT2D eigenvalue weighted by molar-refractivity contribution is -0.139. The Hall–Kier alpha value is -1.93. The van der Waals surface area contributed by atoms with E-state index in [9.17, 15) is 9.59 Å². The zero-order valence-corrected chi connectivity index (χ0v) is 15.4. The molecule has 1 N–H and O–H groups in total. The maximum atomic E-state index is 12.2. The number of carbonyl (C=O) groups excluding carboxylic acids is 2. The molecule has 2 aromatic rings. The maximum absolute atomic E-state index is 12.2. The van der Waals surface area contributed by atoms with Gasteiger partial charge >= 0.3 is 5.97 Å². The van der Waals surface area contributed by atoms with Crippen molar-refractivity contribution in [2.75, 3.05) is 17.7 Å².